The minimum absolute atomic E-state index is 0.0277. The molecule has 0 saturated heterocycles. The van der Waals surface area contributed by atoms with Gasteiger partial charge < -0.3 is 9.64 Å². The van der Waals surface area contributed by atoms with E-state index in [4.69, 9.17) is 4.74 Å². The molecule has 0 spiro atoms. The molecule has 0 radical (unpaired) electrons. The van der Waals surface area contributed by atoms with E-state index in [1.807, 2.05) is 12.1 Å². The van der Waals surface area contributed by atoms with Crippen molar-refractivity contribution in [1.82, 2.24) is 4.90 Å². The van der Waals surface area contributed by atoms with Gasteiger partial charge in [-0.25, -0.2) is 0 Å². The van der Waals surface area contributed by atoms with Crippen LogP contribution in [0.4, 0.5) is 0 Å². The van der Waals surface area contributed by atoms with Crippen LogP contribution in [-0.4, -0.2) is 31.5 Å². The fourth-order valence-corrected chi connectivity index (χ4v) is 1.41. The number of hydrogen-bond acceptors (Lipinski definition) is 2. The van der Waals surface area contributed by atoms with E-state index < -0.39 is 0 Å². The van der Waals surface area contributed by atoms with Crippen molar-refractivity contribution < 1.29 is 9.53 Å². The van der Waals surface area contributed by atoms with E-state index in [-0.39, 0.29) is 12.5 Å². The molecule has 0 saturated carbocycles. The second-order valence-electron chi connectivity index (χ2n) is 4.32. The molecule has 1 amide bonds. The second kappa shape index (κ2) is 6.94. The van der Waals surface area contributed by atoms with Gasteiger partial charge in [-0.1, -0.05) is 25.5 Å². The van der Waals surface area contributed by atoms with Crippen LogP contribution >= 0.6 is 0 Å². The minimum atomic E-state index is -0.0277. The predicted molar refractivity (Wildman–Crippen MR) is 69.2 cm³/mol. The molecule has 94 valence electrons. The van der Waals surface area contributed by atoms with Gasteiger partial charge in [0, 0.05) is 14.1 Å². The van der Waals surface area contributed by atoms with Crippen molar-refractivity contribution in [3.05, 3.63) is 29.8 Å². The van der Waals surface area contributed by atoms with Crippen molar-refractivity contribution in [2.45, 2.75) is 26.2 Å². The number of unbranched alkanes of at least 4 members (excludes halogenated alkanes) is 1. The van der Waals surface area contributed by atoms with Crippen LogP contribution in [0.25, 0.3) is 0 Å². The highest BCUT2D eigenvalue weighted by atomic mass is 16.5. The number of carbonyl (C=O) groups is 1. The summed E-state index contributed by atoms with van der Waals surface area (Å²) >= 11 is 0. The molecule has 0 bridgehead atoms. The van der Waals surface area contributed by atoms with Crippen molar-refractivity contribution in [2.24, 2.45) is 0 Å². The van der Waals surface area contributed by atoms with Crippen molar-refractivity contribution in [3.63, 3.8) is 0 Å². The third-order valence-electron chi connectivity index (χ3n) is 2.60. The highest BCUT2D eigenvalue weighted by molar-refractivity contribution is 5.77. The summed E-state index contributed by atoms with van der Waals surface area (Å²) in [6, 6.07) is 7.97. The zero-order chi connectivity index (χ0) is 12.7. The van der Waals surface area contributed by atoms with Crippen LogP contribution in [0, 0.1) is 0 Å². The van der Waals surface area contributed by atoms with Crippen LogP contribution in [0.2, 0.25) is 0 Å². The lowest BCUT2D eigenvalue weighted by atomic mass is 10.1. The smallest absolute Gasteiger partial charge is 0.259 e. The number of ether oxygens (including phenoxy) is 1. The van der Waals surface area contributed by atoms with E-state index in [2.05, 4.69) is 19.1 Å². The normalized spacial score (nSPS) is 10.1. The maximum absolute atomic E-state index is 11.3. The summed E-state index contributed by atoms with van der Waals surface area (Å²) in [5.74, 6) is 0.723. The molecule has 1 aromatic rings. The summed E-state index contributed by atoms with van der Waals surface area (Å²) in [5, 5.41) is 0. The van der Waals surface area contributed by atoms with Crippen LogP contribution in [0.15, 0.2) is 24.3 Å². The molecule has 0 aliphatic heterocycles. The molecule has 0 unspecified atom stereocenters. The average molecular weight is 235 g/mol. The molecule has 3 heteroatoms. The van der Waals surface area contributed by atoms with E-state index >= 15 is 0 Å². The van der Waals surface area contributed by atoms with E-state index in [0.29, 0.717) is 0 Å². The molecule has 0 atom stereocenters. The quantitative estimate of drug-likeness (QED) is 0.758. The molecule has 1 rings (SSSR count). The molecular formula is C14H21NO2. The van der Waals surface area contributed by atoms with Crippen LogP contribution in [-0.2, 0) is 11.2 Å². The first-order valence-electron chi connectivity index (χ1n) is 6.05. The van der Waals surface area contributed by atoms with Crippen LogP contribution < -0.4 is 4.74 Å². The molecule has 3 nitrogen and oxygen atoms in total. The Bertz CT molecular complexity index is 344. The van der Waals surface area contributed by atoms with Gasteiger partial charge in [0.05, 0.1) is 0 Å². The summed E-state index contributed by atoms with van der Waals surface area (Å²) in [6.45, 7) is 2.28. The number of likely N-dealkylation sites (N-methyl/N-ethyl adjacent to an activating group) is 1. The summed E-state index contributed by atoms with van der Waals surface area (Å²) in [4.78, 5) is 12.8. The molecule has 1 aromatic carbocycles. The maximum Gasteiger partial charge on any atom is 0.259 e. The average Bonchev–Trinajstić information content (AvgIpc) is 2.34. The highest BCUT2D eigenvalue weighted by Crippen LogP contribution is 2.13. The fourth-order valence-electron chi connectivity index (χ4n) is 1.41. The standard InChI is InChI=1S/C14H21NO2/c1-4-5-6-12-7-9-13(10-8-12)17-11-14(16)15(2)3/h7-10H,4-6,11H2,1-3H3. The second-order valence-corrected chi connectivity index (χ2v) is 4.32. The Labute approximate surface area is 103 Å². The lowest BCUT2D eigenvalue weighted by Gasteiger charge is -2.11. The monoisotopic (exact) mass is 235 g/mol. The van der Waals surface area contributed by atoms with Gasteiger partial charge in [0.15, 0.2) is 6.61 Å². The van der Waals surface area contributed by atoms with Crippen LogP contribution in [0.1, 0.15) is 25.3 Å². The van der Waals surface area contributed by atoms with E-state index in [9.17, 15) is 4.79 Å². The van der Waals surface area contributed by atoms with Crippen LogP contribution in [0.3, 0.4) is 0 Å². The number of amides is 1. The molecular weight excluding hydrogens is 214 g/mol. The highest BCUT2D eigenvalue weighted by Gasteiger charge is 2.04. The summed E-state index contributed by atoms with van der Waals surface area (Å²) < 4.78 is 5.40. The van der Waals surface area contributed by atoms with E-state index in [0.717, 1.165) is 12.2 Å². The van der Waals surface area contributed by atoms with Crippen molar-refractivity contribution in [2.75, 3.05) is 20.7 Å². The number of benzene rings is 1. The Hall–Kier alpha value is -1.51. The largest absolute Gasteiger partial charge is 0.484 e. The molecule has 17 heavy (non-hydrogen) atoms. The molecule has 0 heterocycles. The van der Waals surface area contributed by atoms with Crippen molar-refractivity contribution >= 4 is 5.91 Å². The van der Waals surface area contributed by atoms with Gasteiger partial charge in [-0.05, 0) is 30.5 Å². The Morgan fingerprint density at radius 3 is 2.41 bits per heavy atom. The summed E-state index contributed by atoms with van der Waals surface area (Å²) in [6.07, 6.45) is 3.52. The number of carbonyl (C=O) groups excluding carboxylic acids is 1. The van der Waals surface area contributed by atoms with Crippen molar-refractivity contribution in [1.29, 1.82) is 0 Å². The first-order valence-corrected chi connectivity index (χ1v) is 6.05. The summed E-state index contributed by atoms with van der Waals surface area (Å²) in [5.41, 5.74) is 1.32. The third kappa shape index (κ3) is 4.89. The van der Waals surface area contributed by atoms with Gasteiger partial charge in [-0.2, -0.15) is 0 Å². The molecule has 0 aliphatic rings. The Morgan fingerprint density at radius 2 is 1.88 bits per heavy atom. The number of nitrogens with zero attached hydrogens (tertiary/aromatic N) is 1. The van der Waals surface area contributed by atoms with E-state index in [1.54, 1.807) is 14.1 Å². The van der Waals surface area contributed by atoms with Gasteiger partial charge >= 0.3 is 0 Å². The lowest BCUT2D eigenvalue weighted by Crippen LogP contribution is -2.27. The molecule has 0 aliphatic carbocycles. The fraction of sp³-hybridized carbons (Fsp3) is 0.500. The van der Waals surface area contributed by atoms with E-state index in [1.165, 1.54) is 23.3 Å². The molecule has 0 fully saturated rings. The minimum Gasteiger partial charge on any atom is -0.484 e. The first-order chi connectivity index (χ1) is 8.13. The third-order valence-corrected chi connectivity index (χ3v) is 2.60. The first kappa shape index (κ1) is 13.6. The van der Waals surface area contributed by atoms with Gasteiger partial charge in [0.2, 0.25) is 0 Å². The van der Waals surface area contributed by atoms with Crippen molar-refractivity contribution in [3.8, 4) is 5.75 Å². The predicted octanol–water partition coefficient (Wildman–Crippen LogP) is 2.50. The molecule has 0 aromatic heterocycles. The topological polar surface area (TPSA) is 29.5 Å². The van der Waals surface area contributed by atoms with Gasteiger partial charge in [0.1, 0.15) is 5.75 Å². The SMILES string of the molecule is CCCCc1ccc(OCC(=O)N(C)C)cc1. The van der Waals surface area contributed by atoms with Gasteiger partial charge in [0.25, 0.3) is 5.91 Å². The summed E-state index contributed by atoms with van der Waals surface area (Å²) in [7, 11) is 3.44. The molecule has 0 N–H and O–H groups in total. The van der Waals surface area contributed by atoms with Gasteiger partial charge in [-0.15, -0.1) is 0 Å². The number of hydrogen-bond donors (Lipinski definition) is 0. The Kier molecular flexibility index (Phi) is 5.53. The maximum atomic E-state index is 11.3. The Balaban J connectivity index is 2.42. The Morgan fingerprint density at radius 1 is 1.24 bits per heavy atom. The zero-order valence-electron chi connectivity index (χ0n) is 10.9. The van der Waals surface area contributed by atoms with Gasteiger partial charge in [-0.3, -0.25) is 4.79 Å². The number of aryl methyl sites for hydroxylation is 1. The van der Waals surface area contributed by atoms with Crippen LogP contribution in [0.5, 0.6) is 5.75 Å². The number of rotatable bonds is 6. The lowest BCUT2D eigenvalue weighted by molar-refractivity contribution is -0.130. The zero-order valence-corrected chi connectivity index (χ0v) is 10.9.